The number of nitrogens with one attached hydrogen (secondary N) is 1. The zero-order chi connectivity index (χ0) is 11.7. The van der Waals surface area contributed by atoms with E-state index in [0.29, 0.717) is 13.1 Å². The molecule has 1 aromatic heterocycles. The molecule has 1 fully saturated rings. The van der Waals surface area contributed by atoms with Gasteiger partial charge in [0.2, 0.25) is 5.91 Å². The summed E-state index contributed by atoms with van der Waals surface area (Å²) in [6.45, 7) is 1.90. The number of aromatic nitrogens is 1. The van der Waals surface area contributed by atoms with Crippen molar-refractivity contribution in [3.63, 3.8) is 0 Å². The molecular formula is C13H13N3O. The van der Waals surface area contributed by atoms with E-state index >= 15 is 0 Å². The molecule has 2 heterocycles. The number of para-hydroxylation sites is 1. The lowest BCUT2D eigenvalue weighted by atomic mass is 10.2. The minimum atomic E-state index is 0.0824. The summed E-state index contributed by atoms with van der Waals surface area (Å²) < 4.78 is 0. The van der Waals surface area contributed by atoms with E-state index in [1.165, 1.54) is 0 Å². The van der Waals surface area contributed by atoms with Crippen LogP contribution in [0.2, 0.25) is 0 Å². The first-order valence-corrected chi connectivity index (χ1v) is 5.71. The summed E-state index contributed by atoms with van der Waals surface area (Å²) in [6, 6.07) is 11.8. The van der Waals surface area contributed by atoms with Crippen molar-refractivity contribution in [2.75, 3.05) is 24.5 Å². The van der Waals surface area contributed by atoms with Gasteiger partial charge in [-0.25, -0.2) is 4.98 Å². The number of fused-ring (bicyclic) bond motifs is 1. The molecule has 1 N–H and O–H groups in total. The van der Waals surface area contributed by atoms with Gasteiger partial charge in [0.25, 0.3) is 0 Å². The zero-order valence-corrected chi connectivity index (χ0v) is 9.39. The van der Waals surface area contributed by atoms with E-state index in [1.807, 2.05) is 36.4 Å². The van der Waals surface area contributed by atoms with Gasteiger partial charge in [-0.2, -0.15) is 0 Å². The maximum Gasteiger partial charge on any atom is 0.242 e. The summed E-state index contributed by atoms with van der Waals surface area (Å²) in [6.07, 6.45) is 0. The Bertz CT molecular complexity index is 567. The molecule has 17 heavy (non-hydrogen) atoms. The van der Waals surface area contributed by atoms with Crippen molar-refractivity contribution in [2.45, 2.75) is 0 Å². The molecule has 1 saturated heterocycles. The third kappa shape index (κ3) is 1.87. The normalized spacial score (nSPS) is 16.5. The number of anilines is 1. The molecular weight excluding hydrogens is 214 g/mol. The van der Waals surface area contributed by atoms with Gasteiger partial charge in [0.15, 0.2) is 0 Å². The molecule has 0 saturated carbocycles. The predicted octanol–water partition coefficient (Wildman–Crippen LogP) is 1.17. The maximum absolute atomic E-state index is 11.8. The first-order valence-electron chi connectivity index (χ1n) is 5.71. The molecule has 1 aromatic carbocycles. The monoisotopic (exact) mass is 227 g/mol. The van der Waals surface area contributed by atoms with Crippen LogP contribution in [0.15, 0.2) is 36.4 Å². The molecule has 2 aromatic rings. The fourth-order valence-corrected chi connectivity index (χ4v) is 2.05. The largest absolute Gasteiger partial charge is 0.307 e. The number of hydrogen-bond acceptors (Lipinski definition) is 3. The second-order valence-corrected chi connectivity index (χ2v) is 4.08. The van der Waals surface area contributed by atoms with Crippen LogP contribution in [-0.2, 0) is 4.79 Å². The van der Waals surface area contributed by atoms with Crippen LogP contribution in [0.4, 0.5) is 5.82 Å². The Morgan fingerprint density at radius 1 is 1.18 bits per heavy atom. The van der Waals surface area contributed by atoms with Gasteiger partial charge in [-0.15, -0.1) is 0 Å². The highest BCUT2D eigenvalue weighted by Crippen LogP contribution is 2.18. The van der Waals surface area contributed by atoms with Crippen LogP contribution in [-0.4, -0.2) is 30.5 Å². The van der Waals surface area contributed by atoms with Gasteiger partial charge in [0.05, 0.1) is 12.1 Å². The molecule has 0 radical (unpaired) electrons. The lowest BCUT2D eigenvalue weighted by Crippen LogP contribution is -2.48. The molecule has 86 valence electrons. The Kier molecular flexibility index (Phi) is 2.49. The fraction of sp³-hybridized carbons (Fsp3) is 0.231. The molecule has 1 amide bonds. The van der Waals surface area contributed by atoms with Gasteiger partial charge in [-0.1, -0.05) is 18.2 Å². The van der Waals surface area contributed by atoms with Crippen LogP contribution < -0.4 is 10.2 Å². The highest BCUT2D eigenvalue weighted by atomic mass is 16.2. The van der Waals surface area contributed by atoms with Crippen molar-refractivity contribution >= 4 is 22.6 Å². The Balaban J connectivity index is 2.02. The van der Waals surface area contributed by atoms with Crippen LogP contribution in [0.5, 0.6) is 0 Å². The van der Waals surface area contributed by atoms with Crippen LogP contribution in [0.3, 0.4) is 0 Å². The summed E-state index contributed by atoms with van der Waals surface area (Å²) in [4.78, 5) is 18.0. The third-order valence-corrected chi connectivity index (χ3v) is 2.95. The van der Waals surface area contributed by atoms with E-state index < -0.39 is 0 Å². The van der Waals surface area contributed by atoms with Crippen molar-refractivity contribution in [1.82, 2.24) is 10.3 Å². The molecule has 0 unspecified atom stereocenters. The summed E-state index contributed by atoms with van der Waals surface area (Å²) >= 11 is 0. The van der Waals surface area contributed by atoms with Crippen LogP contribution in [0.1, 0.15) is 0 Å². The molecule has 4 nitrogen and oxygen atoms in total. The second kappa shape index (κ2) is 4.14. The average molecular weight is 227 g/mol. The highest BCUT2D eigenvalue weighted by Gasteiger charge is 2.20. The average Bonchev–Trinajstić information content (AvgIpc) is 2.39. The number of piperazine rings is 1. The van der Waals surface area contributed by atoms with E-state index in [9.17, 15) is 4.79 Å². The smallest absolute Gasteiger partial charge is 0.242 e. The number of nitrogens with zero attached hydrogens (tertiary/aromatic N) is 2. The van der Waals surface area contributed by atoms with Gasteiger partial charge >= 0.3 is 0 Å². The van der Waals surface area contributed by atoms with Gasteiger partial charge in [0, 0.05) is 18.5 Å². The molecule has 4 heteroatoms. The van der Waals surface area contributed by atoms with Crippen molar-refractivity contribution in [1.29, 1.82) is 0 Å². The lowest BCUT2D eigenvalue weighted by Gasteiger charge is -2.26. The van der Waals surface area contributed by atoms with E-state index in [1.54, 1.807) is 4.90 Å². The summed E-state index contributed by atoms with van der Waals surface area (Å²) in [5, 5.41) is 4.15. The zero-order valence-electron chi connectivity index (χ0n) is 9.39. The quantitative estimate of drug-likeness (QED) is 0.795. The minimum Gasteiger partial charge on any atom is -0.307 e. The Morgan fingerprint density at radius 2 is 2.06 bits per heavy atom. The highest BCUT2D eigenvalue weighted by molar-refractivity contribution is 5.95. The standard InChI is InChI=1S/C13H13N3O/c17-13-9-14-7-8-16(13)12-6-5-10-3-1-2-4-11(10)15-12/h1-6,14H,7-9H2. The Labute approximate surface area is 99.3 Å². The number of pyridine rings is 1. The molecule has 0 atom stereocenters. The van der Waals surface area contributed by atoms with Crippen molar-refractivity contribution in [3.05, 3.63) is 36.4 Å². The predicted molar refractivity (Wildman–Crippen MR) is 67.0 cm³/mol. The second-order valence-electron chi connectivity index (χ2n) is 4.08. The first-order chi connectivity index (χ1) is 8.34. The molecule has 1 aliphatic rings. The van der Waals surface area contributed by atoms with Gasteiger partial charge in [-0.3, -0.25) is 9.69 Å². The van der Waals surface area contributed by atoms with Crippen molar-refractivity contribution in [2.24, 2.45) is 0 Å². The Hall–Kier alpha value is -1.94. The summed E-state index contributed by atoms with van der Waals surface area (Å²) in [7, 11) is 0. The van der Waals surface area contributed by atoms with Crippen molar-refractivity contribution in [3.8, 4) is 0 Å². The maximum atomic E-state index is 11.8. The molecule has 3 rings (SSSR count). The van der Waals surface area contributed by atoms with E-state index in [4.69, 9.17) is 0 Å². The van der Waals surface area contributed by atoms with E-state index in [0.717, 1.165) is 23.3 Å². The van der Waals surface area contributed by atoms with Crippen LogP contribution in [0.25, 0.3) is 10.9 Å². The molecule has 0 bridgehead atoms. The lowest BCUT2D eigenvalue weighted by molar-refractivity contribution is -0.118. The minimum absolute atomic E-state index is 0.0824. The number of benzene rings is 1. The summed E-state index contributed by atoms with van der Waals surface area (Å²) in [5.74, 6) is 0.828. The molecule has 1 aliphatic heterocycles. The number of carbonyl (C=O) groups excluding carboxylic acids is 1. The SMILES string of the molecule is O=C1CNCCN1c1ccc2ccccc2n1. The van der Waals surface area contributed by atoms with Gasteiger partial charge in [-0.05, 0) is 18.2 Å². The van der Waals surface area contributed by atoms with Gasteiger partial charge in [0.1, 0.15) is 5.82 Å². The van der Waals surface area contributed by atoms with Crippen LogP contribution >= 0.6 is 0 Å². The van der Waals surface area contributed by atoms with Gasteiger partial charge < -0.3 is 5.32 Å². The van der Waals surface area contributed by atoms with Crippen LogP contribution in [0, 0.1) is 0 Å². The number of rotatable bonds is 1. The first kappa shape index (κ1) is 10.2. The number of hydrogen-bond donors (Lipinski definition) is 1. The topological polar surface area (TPSA) is 45.2 Å². The number of amides is 1. The third-order valence-electron chi connectivity index (χ3n) is 2.95. The molecule has 0 aliphatic carbocycles. The number of carbonyl (C=O) groups is 1. The Morgan fingerprint density at radius 3 is 2.94 bits per heavy atom. The van der Waals surface area contributed by atoms with E-state index in [-0.39, 0.29) is 5.91 Å². The summed E-state index contributed by atoms with van der Waals surface area (Å²) in [5.41, 5.74) is 0.927. The van der Waals surface area contributed by atoms with E-state index in [2.05, 4.69) is 10.3 Å². The molecule has 0 spiro atoms. The fourth-order valence-electron chi connectivity index (χ4n) is 2.05. The van der Waals surface area contributed by atoms with Crippen molar-refractivity contribution < 1.29 is 4.79 Å².